The molecule has 1 aromatic carbocycles. The summed E-state index contributed by atoms with van der Waals surface area (Å²) < 4.78 is 26.7. The van der Waals surface area contributed by atoms with Crippen molar-refractivity contribution in [1.82, 2.24) is 9.62 Å². The molecule has 0 bridgehead atoms. The molecule has 5 heteroatoms. The Morgan fingerprint density at radius 2 is 1.61 bits per heavy atom. The third-order valence-electron chi connectivity index (χ3n) is 4.37. The second-order valence-corrected chi connectivity index (χ2v) is 8.26. The summed E-state index contributed by atoms with van der Waals surface area (Å²) in [4.78, 5) is 2.56. The molecule has 0 saturated carbocycles. The van der Waals surface area contributed by atoms with Crippen molar-refractivity contribution in [3.63, 3.8) is 0 Å². The number of hydrogen-bond acceptors (Lipinski definition) is 3. The van der Waals surface area contributed by atoms with Crippen LogP contribution in [-0.2, 0) is 15.8 Å². The lowest BCUT2D eigenvalue weighted by atomic mass is 10.2. The number of likely N-dealkylation sites (tertiary alicyclic amines) is 1. The lowest BCUT2D eigenvalue weighted by Gasteiger charge is -2.19. The Kier molecular flexibility index (Phi) is 8.06. The highest BCUT2D eigenvalue weighted by atomic mass is 32.2. The van der Waals surface area contributed by atoms with Gasteiger partial charge in [0.05, 0.1) is 5.75 Å². The maximum Gasteiger partial charge on any atom is 0.215 e. The predicted octanol–water partition coefficient (Wildman–Crippen LogP) is 3.15. The van der Waals surface area contributed by atoms with Gasteiger partial charge in [0.2, 0.25) is 10.0 Å². The zero-order chi connectivity index (χ0) is 16.4. The highest BCUT2D eigenvalue weighted by Crippen LogP contribution is 2.10. The second-order valence-electron chi connectivity index (χ2n) is 6.46. The molecule has 0 aliphatic carbocycles. The van der Waals surface area contributed by atoms with Crippen LogP contribution in [0.25, 0.3) is 0 Å². The molecule has 0 aromatic heterocycles. The summed E-state index contributed by atoms with van der Waals surface area (Å²) in [6, 6.07) is 9.33. The Hall–Kier alpha value is -0.910. The van der Waals surface area contributed by atoms with Gasteiger partial charge in [0.1, 0.15) is 0 Å². The first-order chi connectivity index (χ1) is 11.2. The molecular weight excluding hydrogens is 308 g/mol. The molecule has 1 aromatic rings. The van der Waals surface area contributed by atoms with Crippen LogP contribution in [0.15, 0.2) is 30.3 Å². The Balaban J connectivity index is 1.56. The van der Waals surface area contributed by atoms with Gasteiger partial charge in [-0.3, -0.25) is 0 Å². The number of rotatable bonds is 9. The van der Waals surface area contributed by atoms with Gasteiger partial charge in [-0.25, -0.2) is 13.1 Å². The van der Waals surface area contributed by atoms with E-state index in [1.807, 2.05) is 30.3 Å². The van der Waals surface area contributed by atoms with E-state index in [-0.39, 0.29) is 5.75 Å². The first-order valence-electron chi connectivity index (χ1n) is 8.89. The zero-order valence-corrected chi connectivity index (χ0v) is 14.9. The summed E-state index contributed by atoms with van der Waals surface area (Å²) in [6.07, 6.45) is 8.59. The van der Waals surface area contributed by atoms with Crippen LogP contribution < -0.4 is 4.72 Å². The van der Waals surface area contributed by atoms with Crippen LogP contribution in [-0.4, -0.2) is 39.5 Å². The molecule has 1 N–H and O–H groups in total. The maximum atomic E-state index is 12.0. The standard InChI is InChI=1S/C18H30N2O2S/c21-23(22,17-18-11-5-3-6-12-18)19-13-7-4-10-16-20-14-8-1-2-9-15-20/h3,5-6,11-12,19H,1-2,4,7-10,13-17H2. The van der Waals surface area contributed by atoms with Gasteiger partial charge in [0.15, 0.2) is 0 Å². The van der Waals surface area contributed by atoms with Crippen LogP contribution in [0.2, 0.25) is 0 Å². The molecule has 0 unspecified atom stereocenters. The molecule has 0 atom stereocenters. The largest absolute Gasteiger partial charge is 0.303 e. The van der Waals surface area contributed by atoms with Crippen molar-refractivity contribution in [1.29, 1.82) is 0 Å². The number of nitrogens with one attached hydrogen (secondary N) is 1. The van der Waals surface area contributed by atoms with Crippen molar-refractivity contribution in [3.8, 4) is 0 Å². The number of benzene rings is 1. The molecule has 1 heterocycles. The lowest BCUT2D eigenvalue weighted by molar-refractivity contribution is 0.278. The van der Waals surface area contributed by atoms with Crippen molar-refractivity contribution in [2.45, 2.75) is 50.7 Å². The number of hydrogen-bond donors (Lipinski definition) is 1. The van der Waals surface area contributed by atoms with Crippen LogP contribution in [0.1, 0.15) is 50.5 Å². The number of nitrogens with zero attached hydrogens (tertiary/aromatic N) is 1. The Morgan fingerprint density at radius 3 is 2.30 bits per heavy atom. The fourth-order valence-corrected chi connectivity index (χ4v) is 4.26. The molecule has 1 aliphatic rings. The quantitative estimate of drug-likeness (QED) is 0.704. The molecule has 1 fully saturated rings. The topological polar surface area (TPSA) is 49.4 Å². The lowest BCUT2D eigenvalue weighted by Crippen LogP contribution is -2.27. The van der Waals surface area contributed by atoms with Gasteiger partial charge in [-0.05, 0) is 50.9 Å². The molecule has 1 saturated heterocycles. The minimum Gasteiger partial charge on any atom is -0.303 e. The van der Waals surface area contributed by atoms with Gasteiger partial charge < -0.3 is 4.90 Å². The summed E-state index contributed by atoms with van der Waals surface area (Å²) in [7, 11) is -3.21. The van der Waals surface area contributed by atoms with E-state index in [2.05, 4.69) is 9.62 Å². The number of unbranched alkanes of at least 4 members (excludes halogenated alkanes) is 2. The maximum absolute atomic E-state index is 12.0. The third kappa shape index (κ3) is 7.95. The molecule has 0 amide bonds. The molecule has 130 valence electrons. The van der Waals surface area contributed by atoms with Crippen molar-refractivity contribution in [3.05, 3.63) is 35.9 Å². The summed E-state index contributed by atoms with van der Waals surface area (Å²) in [6.45, 7) is 4.19. The average molecular weight is 339 g/mol. The summed E-state index contributed by atoms with van der Waals surface area (Å²) in [5.74, 6) is 0.0710. The molecule has 1 aliphatic heterocycles. The first-order valence-corrected chi connectivity index (χ1v) is 10.5. The van der Waals surface area contributed by atoms with Crippen LogP contribution in [0, 0.1) is 0 Å². The van der Waals surface area contributed by atoms with Crippen LogP contribution in [0.4, 0.5) is 0 Å². The normalized spacial score (nSPS) is 17.0. The minimum atomic E-state index is -3.21. The van der Waals surface area contributed by atoms with Crippen LogP contribution >= 0.6 is 0 Å². The average Bonchev–Trinajstić information content (AvgIpc) is 2.80. The van der Waals surface area contributed by atoms with E-state index in [0.717, 1.165) is 24.9 Å². The predicted molar refractivity (Wildman–Crippen MR) is 95.8 cm³/mol. The van der Waals surface area contributed by atoms with E-state index < -0.39 is 10.0 Å². The Bertz CT molecular complexity index is 523. The molecule has 2 rings (SSSR count). The molecular formula is C18H30N2O2S. The van der Waals surface area contributed by atoms with E-state index in [0.29, 0.717) is 6.54 Å². The van der Waals surface area contributed by atoms with Crippen molar-refractivity contribution >= 4 is 10.0 Å². The zero-order valence-electron chi connectivity index (χ0n) is 14.0. The summed E-state index contributed by atoms with van der Waals surface area (Å²) >= 11 is 0. The highest BCUT2D eigenvalue weighted by Gasteiger charge is 2.11. The van der Waals surface area contributed by atoms with Gasteiger partial charge in [0.25, 0.3) is 0 Å². The second kappa shape index (κ2) is 10.1. The van der Waals surface area contributed by atoms with Crippen molar-refractivity contribution in [2.75, 3.05) is 26.2 Å². The molecule has 23 heavy (non-hydrogen) atoms. The smallest absolute Gasteiger partial charge is 0.215 e. The van der Waals surface area contributed by atoms with Crippen molar-refractivity contribution in [2.24, 2.45) is 0 Å². The van der Waals surface area contributed by atoms with Crippen LogP contribution in [0.5, 0.6) is 0 Å². The molecule has 0 radical (unpaired) electrons. The first kappa shape index (κ1) is 18.4. The van der Waals surface area contributed by atoms with E-state index >= 15 is 0 Å². The van der Waals surface area contributed by atoms with E-state index in [4.69, 9.17) is 0 Å². The van der Waals surface area contributed by atoms with E-state index in [1.54, 1.807) is 0 Å². The van der Waals surface area contributed by atoms with Gasteiger partial charge >= 0.3 is 0 Å². The van der Waals surface area contributed by atoms with Gasteiger partial charge in [-0.2, -0.15) is 0 Å². The monoisotopic (exact) mass is 338 g/mol. The Labute approximate surface area is 141 Å². The summed E-state index contributed by atoms with van der Waals surface area (Å²) in [5.41, 5.74) is 0.834. The van der Waals surface area contributed by atoms with E-state index in [1.165, 1.54) is 45.2 Å². The van der Waals surface area contributed by atoms with Crippen molar-refractivity contribution < 1.29 is 8.42 Å². The summed E-state index contributed by atoms with van der Waals surface area (Å²) in [5, 5.41) is 0. The van der Waals surface area contributed by atoms with Gasteiger partial charge in [-0.15, -0.1) is 0 Å². The van der Waals surface area contributed by atoms with E-state index in [9.17, 15) is 8.42 Å². The fraction of sp³-hybridized carbons (Fsp3) is 0.667. The highest BCUT2D eigenvalue weighted by molar-refractivity contribution is 7.88. The SMILES string of the molecule is O=S(=O)(Cc1ccccc1)NCCCCCN1CCCCCC1. The van der Waals surface area contributed by atoms with Crippen LogP contribution in [0.3, 0.4) is 0 Å². The van der Waals surface area contributed by atoms with Gasteiger partial charge in [0, 0.05) is 6.54 Å². The minimum absolute atomic E-state index is 0.0710. The Morgan fingerprint density at radius 1 is 0.913 bits per heavy atom. The molecule has 4 nitrogen and oxygen atoms in total. The third-order valence-corrected chi connectivity index (χ3v) is 5.73. The van der Waals surface area contributed by atoms with Gasteiger partial charge in [-0.1, -0.05) is 49.6 Å². The molecule has 0 spiro atoms. The number of sulfonamides is 1. The fourth-order valence-electron chi connectivity index (χ4n) is 3.07.